The van der Waals surface area contributed by atoms with Crippen molar-refractivity contribution in [2.45, 2.75) is 52.6 Å². The second kappa shape index (κ2) is 10.9. The Labute approximate surface area is 113 Å². The Kier molecular flexibility index (Phi) is 10.9. The maximum absolute atomic E-state index is 6.48. The lowest BCUT2D eigenvalue weighted by molar-refractivity contribution is -0.364. The van der Waals surface area contributed by atoms with Gasteiger partial charge in [-0.3, -0.25) is 9.68 Å². The van der Waals surface area contributed by atoms with Gasteiger partial charge in [-0.15, -0.1) is 0 Å². The Hall–Kier alpha value is 0.0169. The van der Waals surface area contributed by atoms with E-state index in [-0.39, 0.29) is 0 Å². The van der Waals surface area contributed by atoms with Gasteiger partial charge in [-0.05, 0) is 38.9 Å². The first-order valence-corrected chi connectivity index (χ1v) is 9.68. The molecular weight excluding hydrogens is 246 g/mol. The smallest absolute Gasteiger partial charge is 0.198 e. The van der Waals surface area contributed by atoms with Gasteiger partial charge < -0.3 is 10.4 Å². The molecule has 0 aliphatic rings. The monoisotopic (exact) mass is 277 g/mol. The summed E-state index contributed by atoms with van der Waals surface area (Å²) in [6, 6.07) is 2.19. The highest BCUT2D eigenvalue weighted by Gasteiger charge is 2.26. The normalized spacial score (nSPS) is 15.0. The highest BCUT2D eigenvalue weighted by Crippen LogP contribution is 2.12. The van der Waals surface area contributed by atoms with Crippen LogP contribution in [-0.2, 0) is 9.68 Å². The lowest BCUT2D eigenvalue weighted by Gasteiger charge is -2.28. The summed E-state index contributed by atoms with van der Waals surface area (Å²) in [5, 5.41) is 8.07. The molecule has 3 N–H and O–H groups in total. The summed E-state index contributed by atoms with van der Waals surface area (Å²) in [4.78, 5) is 14.3. The van der Waals surface area contributed by atoms with E-state index < -0.39 is 8.40 Å². The Balaban J connectivity index is 4.01. The second-order valence-electron chi connectivity index (χ2n) is 4.43. The summed E-state index contributed by atoms with van der Waals surface area (Å²) in [5.74, 6) is 0. The van der Waals surface area contributed by atoms with Crippen molar-refractivity contribution in [3.8, 4) is 0 Å². The van der Waals surface area contributed by atoms with E-state index in [0.29, 0.717) is 13.2 Å². The molecule has 0 saturated carbocycles. The van der Waals surface area contributed by atoms with Crippen LogP contribution < -0.4 is 10.4 Å². The van der Waals surface area contributed by atoms with E-state index in [2.05, 4.69) is 18.8 Å². The molecule has 0 aliphatic heterocycles. The minimum absolute atomic E-state index is 0.632. The van der Waals surface area contributed by atoms with Gasteiger partial charge in [0.15, 0.2) is 8.40 Å². The molecule has 0 amide bonds. The van der Waals surface area contributed by atoms with Crippen LogP contribution in [0.15, 0.2) is 0 Å². The standard InChI is InChI=1S/C12H31N3O2Si/c1-5-11-18(13,14-6-2)12-9-10-15(16-7-3)17-8-4/h14H,5-13H2,1-4H3. The first-order chi connectivity index (χ1) is 8.61. The van der Waals surface area contributed by atoms with E-state index in [9.17, 15) is 0 Å². The molecule has 1 unspecified atom stereocenters. The number of hydrogen-bond acceptors (Lipinski definition) is 5. The Bertz CT molecular complexity index is 184. The van der Waals surface area contributed by atoms with Crippen LogP contribution in [0.4, 0.5) is 0 Å². The minimum Gasteiger partial charge on any atom is -0.339 e. The quantitative estimate of drug-likeness (QED) is 0.422. The van der Waals surface area contributed by atoms with Crippen LogP contribution in [0.25, 0.3) is 0 Å². The van der Waals surface area contributed by atoms with Crippen LogP contribution in [0.2, 0.25) is 12.1 Å². The van der Waals surface area contributed by atoms with Crippen molar-refractivity contribution in [1.29, 1.82) is 0 Å². The van der Waals surface area contributed by atoms with Crippen LogP contribution in [0.5, 0.6) is 0 Å². The Morgan fingerprint density at radius 2 is 1.67 bits per heavy atom. The van der Waals surface area contributed by atoms with Crippen LogP contribution in [0, 0.1) is 0 Å². The zero-order valence-electron chi connectivity index (χ0n) is 12.5. The molecule has 6 heteroatoms. The molecule has 5 nitrogen and oxygen atoms in total. The molecule has 0 aromatic heterocycles. The molecule has 0 saturated heterocycles. The van der Waals surface area contributed by atoms with Gasteiger partial charge in [0, 0.05) is 0 Å². The molecule has 0 aromatic carbocycles. The Morgan fingerprint density at radius 1 is 1.06 bits per heavy atom. The molecular formula is C12H31N3O2Si. The topological polar surface area (TPSA) is 59.8 Å². The lowest BCUT2D eigenvalue weighted by atomic mass is 10.5. The molecule has 0 fully saturated rings. The van der Waals surface area contributed by atoms with E-state index in [0.717, 1.165) is 38.0 Å². The Morgan fingerprint density at radius 3 is 2.11 bits per heavy atom. The summed E-state index contributed by atoms with van der Waals surface area (Å²) in [5.41, 5.74) is 0. The molecule has 0 radical (unpaired) electrons. The summed E-state index contributed by atoms with van der Waals surface area (Å²) < 4.78 is 0. The van der Waals surface area contributed by atoms with Gasteiger partial charge in [-0.2, -0.15) is 0 Å². The molecule has 0 aliphatic carbocycles. The summed E-state index contributed by atoms with van der Waals surface area (Å²) in [6.07, 6.45) is 2.16. The predicted octanol–water partition coefficient (Wildman–Crippen LogP) is 2.00. The van der Waals surface area contributed by atoms with Crippen LogP contribution in [0.3, 0.4) is 0 Å². The van der Waals surface area contributed by atoms with E-state index in [1.54, 1.807) is 5.23 Å². The van der Waals surface area contributed by atoms with Crippen LogP contribution in [0.1, 0.15) is 40.5 Å². The average Bonchev–Trinajstić information content (AvgIpc) is 2.30. The molecule has 0 rings (SSSR count). The van der Waals surface area contributed by atoms with Crippen molar-refractivity contribution in [2.75, 3.05) is 26.3 Å². The third-order valence-electron chi connectivity index (χ3n) is 2.73. The van der Waals surface area contributed by atoms with Gasteiger partial charge in [0.2, 0.25) is 0 Å². The number of nitrogens with two attached hydrogens (primary N) is 1. The number of hydroxylamine groups is 2. The second-order valence-corrected chi connectivity index (χ2v) is 8.10. The summed E-state index contributed by atoms with van der Waals surface area (Å²) >= 11 is 0. The first-order valence-electron chi connectivity index (χ1n) is 7.19. The van der Waals surface area contributed by atoms with Crippen molar-refractivity contribution in [3.63, 3.8) is 0 Å². The average molecular weight is 277 g/mol. The van der Waals surface area contributed by atoms with Gasteiger partial charge in [-0.25, -0.2) is 0 Å². The van der Waals surface area contributed by atoms with Crippen molar-refractivity contribution in [2.24, 2.45) is 5.40 Å². The summed E-state index contributed by atoms with van der Waals surface area (Å²) in [7, 11) is -1.75. The van der Waals surface area contributed by atoms with Crippen LogP contribution in [-0.4, -0.2) is 39.9 Å². The van der Waals surface area contributed by atoms with E-state index >= 15 is 0 Å². The number of hydrogen-bond donors (Lipinski definition) is 2. The van der Waals surface area contributed by atoms with Crippen molar-refractivity contribution >= 4 is 8.40 Å². The van der Waals surface area contributed by atoms with E-state index in [1.165, 1.54) is 0 Å². The lowest BCUT2D eigenvalue weighted by Crippen LogP contribution is -2.59. The van der Waals surface area contributed by atoms with Gasteiger partial charge in [-0.1, -0.05) is 25.5 Å². The zero-order valence-corrected chi connectivity index (χ0v) is 13.5. The van der Waals surface area contributed by atoms with Crippen molar-refractivity contribution in [3.05, 3.63) is 0 Å². The third kappa shape index (κ3) is 8.18. The van der Waals surface area contributed by atoms with Gasteiger partial charge in [0.1, 0.15) is 0 Å². The predicted molar refractivity (Wildman–Crippen MR) is 78.1 cm³/mol. The number of nitrogens with zero attached hydrogens (tertiary/aromatic N) is 1. The van der Waals surface area contributed by atoms with Gasteiger partial charge in [0.25, 0.3) is 0 Å². The third-order valence-corrected chi connectivity index (χ3v) is 6.43. The first kappa shape index (κ1) is 18.0. The molecule has 0 spiro atoms. The highest BCUT2D eigenvalue weighted by atomic mass is 28.3. The summed E-state index contributed by atoms with van der Waals surface area (Å²) in [6.45, 7) is 11.2. The number of rotatable bonds is 12. The fourth-order valence-electron chi connectivity index (χ4n) is 2.08. The molecule has 1 atom stereocenters. The molecule has 0 bridgehead atoms. The maximum atomic E-state index is 6.48. The maximum Gasteiger partial charge on any atom is 0.198 e. The molecule has 18 heavy (non-hydrogen) atoms. The van der Waals surface area contributed by atoms with E-state index in [1.807, 2.05) is 13.8 Å². The number of nitrogens with one attached hydrogen (secondary N) is 1. The van der Waals surface area contributed by atoms with Crippen LogP contribution >= 0.6 is 0 Å². The van der Waals surface area contributed by atoms with E-state index in [4.69, 9.17) is 15.1 Å². The molecule has 0 aromatic rings. The zero-order chi connectivity index (χ0) is 13.9. The van der Waals surface area contributed by atoms with Crippen molar-refractivity contribution in [1.82, 2.24) is 10.2 Å². The minimum atomic E-state index is -1.75. The fourth-order valence-corrected chi connectivity index (χ4v) is 5.07. The van der Waals surface area contributed by atoms with Gasteiger partial charge in [0.05, 0.1) is 19.8 Å². The largest absolute Gasteiger partial charge is 0.339 e. The SMILES string of the molecule is CCC[Si](N)(CCCN(OCC)OCC)NCC. The highest BCUT2D eigenvalue weighted by molar-refractivity contribution is 6.74. The fraction of sp³-hybridized carbons (Fsp3) is 1.00. The van der Waals surface area contributed by atoms with Gasteiger partial charge >= 0.3 is 0 Å². The molecule has 110 valence electrons. The molecule has 0 heterocycles. The van der Waals surface area contributed by atoms with Crippen molar-refractivity contribution < 1.29 is 9.68 Å².